The number of rotatable bonds is 2. The van der Waals surface area contributed by atoms with Gasteiger partial charge >= 0.3 is 0 Å². The SMILES string of the molecule is C1CC(N2CCN(C3CC3)CC2)CCN1.Cl.Cl.Cl. The van der Waals surface area contributed by atoms with Gasteiger partial charge in [-0.3, -0.25) is 9.80 Å². The van der Waals surface area contributed by atoms with Gasteiger partial charge in [0.1, 0.15) is 0 Å². The van der Waals surface area contributed by atoms with E-state index in [2.05, 4.69) is 15.1 Å². The lowest BCUT2D eigenvalue weighted by molar-refractivity contribution is 0.0781. The molecular formula is C12H26Cl3N3. The van der Waals surface area contributed by atoms with Crippen molar-refractivity contribution in [3.8, 4) is 0 Å². The first-order chi connectivity index (χ1) is 7.43. The number of piperidine rings is 1. The van der Waals surface area contributed by atoms with Crippen LogP contribution in [-0.2, 0) is 0 Å². The molecule has 3 fully saturated rings. The first-order valence-electron chi connectivity index (χ1n) is 6.62. The van der Waals surface area contributed by atoms with Crippen LogP contribution in [0.15, 0.2) is 0 Å². The lowest BCUT2D eigenvalue weighted by Crippen LogP contribution is -2.53. The predicted molar refractivity (Wildman–Crippen MR) is 83.8 cm³/mol. The highest BCUT2D eigenvalue weighted by Crippen LogP contribution is 2.28. The predicted octanol–water partition coefficient (Wildman–Crippen LogP) is 1.78. The van der Waals surface area contributed by atoms with Crippen LogP contribution >= 0.6 is 37.2 Å². The van der Waals surface area contributed by atoms with E-state index in [1.807, 2.05) is 0 Å². The van der Waals surface area contributed by atoms with E-state index in [9.17, 15) is 0 Å². The molecule has 2 saturated heterocycles. The smallest absolute Gasteiger partial charge is 0.0120 e. The van der Waals surface area contributed by atoms with Gasteiger partial charge in [-0.25, -0.2) is 0 Å². The van der Waals surface area contributed by atoms with Crippen molar-refractivity contribution < 1.29 is 0 Å². The van der Waals surface area contributed by atoms with E-state index in [4.69, 9.17) is 0 Å². The molecule has 0 amide bonds. The number of piperazine rings is 1. The monoisotopic (exact) mass is 317 g/mol. The van der Waals surface area contributed by atoms with E-state index in [-0.39, 0.29) is 37.2 Å². The highest BCUT2D eigenvalue weighted by atomic mass is 35.5. The highest BCUT2D eigenvalue weighted by Gasteiger charge is 2.32. The molecule has 0 atom stereocenters. The molecule has 0 spiro atoms. The molecule has 3 aliphatic rings. The van der Waals surface area contributed by atoms with Crippen molar-refractivity contribution in [3.05, 3.63) is 0 Å². The van der Waals surface area contributed by atoms with E-state index in [0.717, 1.165) is 12.1 Å². The Morgan fingerprint density at radius 3 is 1.39 bits per heavy atom. The Labute approximate surface area is 129 Å². The fourth-order valence-electron chi connectivity index (χ4n) is 3.08. The molecule has 3 rings (SSSR count). The standard InChI is InChI=1S/C12H23N3.3ClH/c1-2-11(1)14-7-9-15(10-8-14)12-3-5-13-6-4-12;;;/h11-13H,1-10H2;3*1H. The molecule has 2 heterocycles. The zero-order chi connectivity index (χ0) is 10.1. The van der Waals surface area contributed by atoms with Crippen molar-refractivity contribution in [2.24, 2.45) is 0 Å². The molecule has 1 N–H and O–H groups in total. The molecule has 0 aromatic carbocycles. The maximum atomic E-state index is 3.45. The zero-order valence-corrected chi connectivity index (χ0v) is 13.3. The van der Waals surface area contributed by atoms with E-state index in [0.29, 0.717) is 0 Å². The summed E-state index contributed by atoms with van der Waals surface area (Å²) in [4.78, 5) is 5.44. The van der Waals surface area contributed by atoms with Crippen LogP contribution in [0.2, 0.25) is 0 Å². The van der Waals surface area contributed by atoms with E-state index < -0.39 is 0 Å². The molecule has 18 heavy (non-hydrogen) atoms. The van der Waals surface area contributed by atoms with Gasteiger partial charge in [-0.05, 0) is 38.8 Å². The fraction of sp³-hybridized carbons (Fsp3) is 1.00. The zero-order valence-electron chi connectivity index (χ0n) is 10.8. The summed E-state index contributed by atoms with van der Waals surface area (Å²) in [5.41, 5.74) is 0. The second-order valence-corrected chi connectivity index (χ2v) is 5.28. The lowest BCUT2D eigenvalue weighted by atomic mass is 10.0. The van der Waals surface area contributed by atoms with Crippen molar-refractivity contribution in [2.75, 3.05) is 39.3 Å². The molecule has 0 aromatic heterocycles. The van der Waals surface area contributed by atoms with Crippen molar-refractivity contribution in [1.82, 2.24) is 15.1 Å². The minimum Gasteiger partial charge on any atom is -0.317 e. The summed E-state index contributed by atoms with van der Waals surface area (Å²) < 4.78 is 0. The van der Waals surface area contributed by atoms with Gasteiger partial charge in [0.25, 0.3) is 0 Å². The van der Waals surface area contributed by atoms with Crippen LogP contribution in [0.1, 0.15) is 25.7 Å². The van der Waals surface area contributed by atoms with Crippen LogP contribution in [0.5, 0.6) is 0 Å². The Morgan fingerprint density at radius 2 is 1.00 bits per heavy atom. The summed E-state index contributed by atoms with van der Waals surface area (Å²) in [6.45, 7) is 7.76. The maximum absolute atomic E-state index is 3.45. The third kappa shape index (κ3) is 4.69. The van der Waals surface area contributed by atoms with Gasteiger partial charge in [0.2, 0.25) is 0 Å². The Bertz CT molecular complexity index is 213. The summed E-state index contributed by atoms with van der Waals surface area (Å²) in [5.74, 6) is 0. The molecule has 1 aliphatic carbocycles. The average molecular weight is 319 g/mol. The van der Waals surface area contributed by atoms with Crippen LogP contribution < -0.4 is 5.32 Å². The molecule has 6 heteroatoms. The number of halogens is 3. The molecule has 1 saturated carbocycles. The van der Waals surface area contributed by atoms with Gasteiger partial charge in [0.05, 0.1) is 0 Å². The largest absolute Gasteiger partial charge is 0.317 e. The fourth-order valence-corrected chi connectivity index (χ4v) is 3.08. The summed E-state index contributed by atoms with van der Waals surface area (Å²) >= 11 is 0. The summed E-state index contributed by atoms with van der Waals surface area (Å²) in [7, 11) is 0. The maximum Gasteiger partial charge on any atom is 0.0120 e. The molecular weight excluding hydrogens is 293 g/mol. The van der Waals surface area contributed by atoms with Crippen molar-refractivity contribution in [2.45, 2.75) is 37.8 Å². The van der Waals surface area contributed by atoms with Crippen molar-refractivity contribution in [1.29, 1.82) is 0 Å². The topological polar surface area (TPSA) is 18.5 Å². The van der Waals surface area contributed by atoms with Gasteiger partial charge < -0.3 is 5.32 Å². The minimum atomic E-state index is 0. The van der Waals surface area contributed by atoms with Crippen molar-refractivity contribution in [3.63, 3.8) is 0 Å². The first kappa shape index (κ1) is 18.8. The summed E-state index contributed by atoms with van der Waals surface area (Å²) in [6.07, 6.45) is 5.66. The summed E-state index contributed by atoms with van der Waals surface area (Å²) in [6, 6.07) is 1.85. The molecule has 0 unspecified atom stereocenters. The molecule has 0 radical (unpaired) electrons. The van der Waals surface area contributed by atoms with Gasteiger partial charge in [-0.2, -0.15) is 0 Å². The molecule has 0 aromatic rings. The lowest BCUT2D eigenvalue weighted by Gasteiger charge is -2.41. The first-order valence-corrected chi connectivity index (χ1v) is 6.62. The third-order valence-electron chi connectivity index (χ3n) is 4.24. The van der Waals surface area contributed by atoms with Crippen LogP contribution in [0, 0.1) is 0 Å². The van der Waals surface area contributed by atoms with Crippen LogP contribution in [0.4, 0.5) is 0 Å². The Hall–Kier alpha value is 0.750. The summed E-state index contributed by atoms with van der Waals surface area (Å²) in [5, 5.41) is 3.45. The number of nitrogens with one attached hydrogen (secondary N) is 1. The highest BCUT2D eigenvalue weighted by molar-refractivity contribution is 5.86. The molecule has 0 bridgehead atoms. The van der Waals surface area contributed by atoms with Gasteiger partial charge in [0.15, 0.2) is 0 Å². The number of hydrogen-bond acceptors (Lipinski definition) is 3. The Kier molecular flexibility index (Phi) is 9.20. The van der Waals surface area contributed by atoms with E-state index >= 15 is 0 Å². The van der Waals surface area contributed by atoms with Crippen LogP contribution in [0.3, 0.4) is 0 Å². The van der Waals surface area contributed by atoms with E-state index in [1.165, 1.54) is 65.0 Å². The Balaban J connectivity index is 0.000000963. The van der Waals surface area contributed by atoms with Gasteiger partial charge in [0, 0.05) is 38.3 Å². The number of hydrogen-bond donors (Lipinski definition) is 1. The Morgan fingerprint density at radius 1 is 0.611 bits per heavy atom. The second-order valence-electron chi connectivity index (χ2n) is 5.28. The van der Waals surface area contributed by atoms with Crippen LogP contribution in [-0.4, -0.2) is 61.2 Å². The molecule has 2 aliphatic heterocycles. The average Bonchev–Trinajstić information content (AvgIpc) is 3.15. The second kappa shape index (κ2) is 8.83. The van der Waals surface area contributed by atoms with E-state index in [1.54, 1.807) is 0 Å². The van der Waals surface area contributed by atoms with Crippen LogP contribution in [0.25, 0.3) is 0 Å². The van der Waals surface area contributed by atoms with Gasteiger partial charge in [-0.1, -0.05) is 0 Å². The van der Waals surface area contributed by atoms with Crippen molar-refractivity contribution >= 4 is 37.2 Å². The third-order valence-corrected chi connectivity index (χ3v) is 4.24. The quantitative estimate of drug-likeness (QED) is 0.837. The number of nitrogens with zero attached hydrogens (tertiary/aromatic N) is 2. The normalized spacial score (nSPS) is 26.7. The minimum absolute atomic E-state index is 0. The van der Waals surface area contributed by atoms with Gasteiger partial charge in [-0.15, -0.1) is 37.2 Å². The molecule has 3 nitrogen and oxygen atoms in total. The molecule has 110 valence electrons.